The molecule has 0 unspecified atom stereocenters. The molecule has 0 spiro atoms. The zero-order valence-corrected chi connectivity index (χ0v) is 14.4. The van der Waals surface area contributed by atoms with Gasteiger partial charge in [-0.1, -0.05) is 45.2 Å². The van der Waals surface area contributed by atoms with Crippen LogP contribution in [0.2, 0.25) is 5.15 Å². The van der Waals surface area contributed by atoms with Gasteiger partial charge in [0.15, 0.2) is 5.82 Å². The fourth-order valence-electron chi connectivity index (χ4n) is 2.37. The first kappa shape index (κ1) is 14.5. The molecule has 0 aliphatic heterocycles. The van der Waals surface area contributed by atoms with E-state index in [0.717, 1.165) is 32.1 Å². The van der Waals surface area contributed by atoms with Crippen molar-refractivity contribution in [2.75, 3.05) is 0 Å². The van der Waals surface area contributed by atoms with E-state index in [-0.39, 0.29) is 0 Å². The standard InChI is InChI=1S/C17H14BrClN2/c1-9-4-5-10(2)13(8-9)17-20-15-11(3)14(18)7-6-12(15)16(19)21-17/h4-8H,1-3H3. The normalized spacial score (nSPS) is 11.1. The second-order valence-electron chi connectivity index (χ2n) is 5.22. The Morgan fingerprint density at radius 1 is 1.00 bits per heavy atom. The van der Waals surface area contributed by atoms with Gasteiger partial charge in [-0.25, -0.2) is 9.97 Å². The molecule has 0 amide bonds. The van der Waals surface area contributed by atoms with Crippen molar-refractivity contribution in [1.82, 2.24) is 9.97 Å². The van der Waals surface area contributed by atoms with Gasteiger partial charge in [0.1, 0.15) is 5.15 Å². The van der Waals surface area contributed by atoms with Crippen LogP contribution in [0.3, 0.4) is 0 Å². The Morgan fingerprint density at radius 3 is 2.52 bits per heavy atom. The number of fused-ring (bicyclic) bond motifs is 1. The molecular weight excluding hydrogens is 348 g/mol. The molecule has 2 nitrogen and oxygen atoms in total. The van der Waals surface area contributed by atoms with E-state index in [9.17, 15) is 0 Å². The van der Waals surface area contributed by atoms with Crippen molar-refractivity contribution < 1.29 is 0 Å². The molecule has 2 aromatic carbocycles. The second-order valence-corrected chi connectivity index (χ2v) is 6.44. The minimum absolute atomic E-state index is 0.492. The average molecular weight is 362 g/mol. The number of aryl methyl sites for hydroxylation is 3. The molecule has 0 saturated heterocycles. The highest BCUT2D eigenvalue weighted by molar-refractivity contribution is 9.10. The number of halogens is 2. The van der Waals surface area contributed by atoms with Gasteiger partial charge in [-0.2, -0.15) is 0 Å². The van der Waals surface area contributed by atoms with E-state index in [1.165, 1.54) is 5.56 Å². The van der Waals surface area contributed by atoms with Crippen LogP contribution in [0.4, 0.5) is 0 Å². The zero-order chi connectivity index (χ0) is 15.1. The van der Waals surface area contributed by atoms with Crippen LogP contribution in [-0.4, -0.2) is 9.97 Å². The lowest BCUT2D eigenvalue weighted by Crippen LogP contribution is -1.96. The fourth-order valence-corrected chi connectivity index (χ4v) is 2.92. The predicted octanol–water partition coefficient (Wildman–Crippen LogP) is 5.64. The van der Waals surface area contributed by atoms with E-state index in [1.54, 1.807) is 0 Å². The number of benzene rings is 2. The van der Waals surface area contributed by atoms with Crippen molar-refractivity contribution >= 4 is 38.4 Å². The summed E-state index contributed by atoms with van der Waals surface area (Å²) < 4.78 is 1.02. The minimum atomic E-state index is 0.492. The molecule has 0 N–H and O–H groups in total. The van der Waals surface area contributed by atoms with Gasteiger partial charge < -0.3 is 0 Å². The lowest BCUT2D eigenvalue weighted by atomic mass is 10.0. The van der Waals surface area contributed by atoms with Gasteiger partial charge in [-0.15, -0.1) is 0 Å². The Bertz CT molecular complexity index is 859. The average Bonchev–Trinajstić information content (AvgIpc) is 2.45. The lowest BCUT2D eigenvalue weighted by Gasteiger charge is -2.10. The third-order valence-corrected chi connectivity index (χ3v) is 4.79. The van der Waals surface area contributed by atoms with E-state index in [4.69, 9.17) is 16.6 Å². The first-order chi connectivity index (χ1) is 9.97. The van der Waals surface area contributed by atoms with Gasteiger partial charge in [0.25, 0.3) is 0 Å². The molecule has 0 atom stereocenters. The number of rotatable bonds is 1. The maximum Gasteiger partial charge on any atom is 0.161 e. The Kier molecular flexibility index (Phi) is 3.72. The van der Waals surface area contributed by atoms with Gasteiger partial charge in [-0.3, -0.25) is 0 Å². The highest BCUT2D eigenvalue weighted by Gasteiger charge is 2.12. The second kappa shape index (κ2) is 5.39. The molecular formula is C17H14BrClN2. The van der Waals surface area contributed by atoms with Crippen LogP contribution in [0.5, 0.6) is 0 Å². The summed E-state index contributed by atoms with van der Waals surface area (Å²) >= 11 is 9.91. The van der Waals surface area contributed by atoms with Crippen molar-refractivity contribution in [2.45, 2.75) is 20.8 Å². The van der Waals surface area contributed by atoms with Gasteiger partial charge in [0.05, 0.1) is 5.52 Å². The van der Waals surface area contributed by atoms with Crippen LogP contribution in [0.25, 0.3) is 22.3 Å². The third kappa shape index (κ3) is 2.56. The molecule has 0 bridgehead atoms. The summed E-state index contributed by atoms with van der Waals surface area (Å²) in [5.41, 5.74) is 5.31. The van der Waals surface area contributed by atoms with E-state index in [0.29, 0.717) is 11.0 Å². The van der Waals surface area contributed by atoms with Crippen molar-refractivity contribution in [3.05, 3.63) is 56.6 Å². The zero-order valence-electron chi connectivity index (χ0n) is 12.0. The molecule has 106 valence electrons. The highest BCUT2D eigenvalue weighted by Crippen LogP contribution is 2.31. The summed E-state index contributed by atoms with van der Waals surface area (Å²) in [7, 11) is 0. The molecule has 0 fully saturated rings. The fraction of sp³-hybridized carbons (Fsp3) is 0.176. The molecule has 0 saturated carbocycles. The SMILES string of the molecule is Cc1ccc(C)c(-c2nc(Cl)c3ccc(Br)c(C)c3n2)c1. The van der Waals surface area contributed by atoms with Gasteiger partial charge >= 0.3 is 0 Å². The Balaban J connectivity index is 2.34. The first-order valence-corrected chi connectivity index (χ1v) is 7.84. The number of hydrogen-bond acceptors (Lipinski definition) is 2. The van der Waals surface area contributed by atoms with Gasteiger partial charge in [-0.05, 0) is 50.1 Å². The summed E-state index contributed by atoms with van der Waals surface area (Å²) in [5, 5.41) is 1.37. The van der Waals surface area contributed by atoms with Crippen molar-refractivity contribution in [1.29, 1.82) is 0 Å². The smallest absolute Gasteiger partial charge is 0.161 e. The number of aromatic nitrogens is 2. The minimum Gasteiger partial charge on any atom is -0.228 e. The monoisotopic (exact) mass is 360 g/mol. The van der Waals surface area contributed by atoms with E-state index in [2.05, 4.69) is 53.0 Å². The topological polar surface area (TPSA) is 25.8 Å². The van der Waals surface area contributed by atoms with Crippen LogP contribution in [0, 0.1) is 20.8 Å². The molecule has 0 aliphatic carbocycles. The molecule has 3 rings (SSSR count). The maximum atomic E-state index is 6.36. The summed E-state index contributed by atoms with van der Waals surface area (Å²) in [6, 6.07) is 10.2. The highest BCUT2D eigenvalue weighted by atomic mass is 79.9. The Morgan fingerprint density at radius 2 is 1.76 bits per heavy atom. The van der Waals surface area contributed by atoms with Crippen LogP contribution in [-0.2, 0) is 0 Å². The van der Waals surface area contributed by atoms with Crippen LogP contribution in [0.15, 0.2) is 34.8 Å². The predicted molar refractivity (Wildman–Crippen MR) is 91.9 cm³/mol. The van der Waals surface area contributed by atoms with Gasteiger partial charge in [0, 0.05) is 15.4 Å². The molecule has 1 heterocycles. The summed E-state index contributed by atoms with van der Waals surface area (Å²) in [6.07, 6.45) is 0. The summed E-state index contributed by atoms with van der Waals surface area (Å²) in [6.45, 7) is 6.15. The molecule has 21 heavy (non-hydrogen) atoms. The molecule has 4 heteroatoms. The maximum absolute atomic E-state index is 6.36. The quantitative estimate of drug-likeness (QED) is 0.524. The molecule has 0 radical (unpaired) electrons. The first-order valence-electron chi connectivity index (χ1n) is 6.67. The molecule has 0 aliphatic rings. The Hall–Kier alpha value is -1.45. The van der Waals surface area contributed by atoms with Crippen LogP contribution < -0.4 is 0 Å². The van der Waals surface area contributed by atoms with Crippen molar-refractivity contribution in [2.24, 2.45) is 0 Å². The third-order valence-electron chi connectivity index (χ3n) is 3.64. The van der Waals surface area contributed by atoms with Crippen LogP contribution >= 0.6 is 27.5 Å². The summed E-state index contributed by atoms with van der Waals surface area (Å²) in [4.78, 5) is 9.23. The molecule has 3 aromatic rings. The van der Waals surface area contributed by atoms with Gasteiger partial charge in [0.2, 0.25) is 0 Å². The number of hydrogen-bond donors (Lipinski definition) is 0. The van der Waals surface area contributed by atoms with E-state index < -0.39 is 0 Å². The van der Waals surface area contributed by atoms with E-state index >= 15 is 0 Å². The molecule has 1 aromatic heterocycles. The number of nitrogens with zero attached hydrogens (tertiary/aromatic N) is 2. The van der Waals surface area contributed by atoms with E-state index in [1.807, 2.05) is 19.1 Å². The summed E-state index contributed by atoms with van der Waals surface area (Å²) in [5.74, 6) is 0.676. The largest absolute Gasteiger partial charge is 0.228 e. The van der Waals surface area contributed by atoms with Crippen LogP contribution in [0.1, 0.15) is 16.7 Å². The lowest BCUT2D eigenvalue weighted by molar-refractivity contribution is 1.20. The Labute approximate surface area is 137 Å². The van der Waals surface area contributed by atoms with Crippen molar-refractivity contribution in [3.63, 3.8) is 0 Å². The van der Waals surface area contributed by atoms with Crippen molar-refractivity contribution in [3.8, 4) is 11.4 Å².